The van der Waals surface area contributed by atoms with Gasteiger partial charge in [0.05, 0.1) is 11.5 Å². The van der Waals surface area contributed by atoms with Crippen LogP contribution in [0, 0.1) is 0 Å². The predicted octanol–water partition coefficient (Wildman–Crippen LogP) is 4.39. The summed E-state index contributed by atoms with van der Waals surface area (Å²) < 4.78 is 0. The Kier molecular flexibility index (Phi) is 5.87. The third-order valence-electron chi connectivity index (χ3n) is 4.85. The number of nitrogens with one attached hydrogen (secondary N) is 1. The van der Waals surface area contributed by atoms with Gasteiger partial charge in [-0.2, -0.15) is 0 Å². The fraction of sp³-hybridized carbons (Fsp3) is 0.217. The number of rotatable bonds is 7. The summed E-state index contributed by atoms with van der Waals surface area (Å²) in [5.41, 5.74) is 2.14. The Balaban J connectivity index is 1.59. The number of carbonyl (C=O) groups is 2. The van der Waals surface area contributed by atoms with Gasteiger partial charge in [0.15, 0.2) is 0 Å². The molecule has 0 fully saturated rings. The average molecular weight is 361 g/mol. The molecule has 3 rings (SSSR count). The first kappa shape index (κ1) is 18.6. The molecule has 0 aliphatic carbocycles. The molecule has 4 heteroatoms. The van der Waals surface area contributed by atoms with Crippen LogP contribution in [0.4, 0.5) is 0 Å². The van der Waals surface area contributed by atoms with E-state index in [4.69, 9.17) is 0 Å². The van der Waals surface area contributed by atoms with E-state index in [2.05, 4.69) is 5.32 Å². The molecule has 0 heterocycles. The van der Waals surface area contributed by atoms with Gasteiger partial charge in [-0.3, -0.25) is 4.79 Å². The van der Waals surface area contributed by atoms with E-state index in [0.717, 1.165) is 21.9 Å². The van der Waals surface area contributed by atoms with Gasteiger partial charge in [0, 0.05) is 6.54 Å². The van der Waals surface area contributed by atoms with Crippen molar-refractivity contribution in [3.05, 3.63) is 83.4 Å². The minimum atomic E-state index is -0.917. The predicted molar refractivity (Wildman–Crippen MR) is 107 cm³/mol. The van der Waals surface area contributed by atoms with Crippen LogP contribution in [0.1, 0.15) is 40.7 Å². The highest BCUT2D eigenvalue weighted by Crippen LogP contribution is 2.25. The first-order chi connectivity index (χ1) is 13.1. The van der Waals surface area contributed by atoms with E-state index >= 15 is 0 Å². The SMILES string of the molecule is CC(C(=O)NCCCc1ccccc1C(=O)O)c1cccc2ccccc12. The first-order valence-electron chi connectivity index (χ1n) is 9.14. The van der Waals surface area contributed by atoms with Crippen LogP contribution in [-0.4, -0.2) is 23.5 Å². The third-order valence-corrected chi connectivity index (χ3v) is 4.85. The van der Waals surface area contributed by atoms with Crippen LogP contribution in [0.15, 0.2) is 66.7 Å². The minimum Gasteiger partial charge on any atom is -0.478 e. The molecule has 1 amide bonds. The molecule has 0 aliphatic rings. The van der Waals surface area contributed by atoms with Crippen LogP contribution in [-0.2, 0) is 11.2 Å². The number of carboxylic acids is 1. The molecule has 1 unspecified atom stereocenters. The van der Waals surface area contributed by atoms with Crippen molar-refractivity contribution in [2.75, 3.05) is 6.54 Å². The van der Waals surface area contributed by atoms with E-state index in [0.29, 0.717) is 24.9 Å². The summed E-state index contributed by atoms with van der Waals surface area (Å²) in [7, 11) is 0. The van der Waals surface area contributed by atoms with Crippen LogP contribution < -0.4 is 5.32 Å². The number of benzene rings is 3. The Morgan fingerprint density at radius 1 is 0.963 bits per heavy atom. The maximum Gasteiger partial charge on any atom is 0.335 e. The summed E-state index contributed by atoms with van der Waals surface area (Å²) in [4.78, 5) is 23.8. The molecule has 138 valence electrons. The molecule has 0 saturated carbocycles. The van der Waals surface area contributed by atoms with Gasteiger partial charge in [0.25, 0.3) is 0 Å². The van der Waals surface area contributed by atoms with Crippen molar-refractivity contribution in [2.24, 2.45) is 0 Å². The van der Waals surface area contributed by atoms with Crippen molar-refractivity contribution < 1.29 is 14.7 Å². The highest BCUT2D eigenvalue weighted by molar-refractivity contribution is 5.92. The summed E-state index contributed by atoms with van der Waals surface area (Å²) in [5.74, 6) is -1.18. The maximum atomic E-state index is 12.6. The summed E-state index contributed by atoms with van der Waals surface area (Å²) in [6.07, 6.45) is 1.31. The molecule has 0 aromatic heterocycles. The van der Waals surface area contributed by atoms with Gasteiger partial charge in [0.2, 0.25) is 5.91 Å². The monoisotopic (exact) mass is 361 g/mol. The van der Waals surface area contributed by atoms with Crippen LogP contribution in [0.5, 0.6) is 0 Å². The zero-order valence-corrected chi connectivity index (χ0v) is 15.3. The molecule has 0 radical (unpaired) electrons. The summed E-state index contributed by atoms with van der Waals surface area (Å²) >= 11 is 0. The van der Waals surface area contributed by atoms with E-state index in [-0.39, 0.29) is 11.8 Å². The lowest BCUT2D eigenvalue weighted by molar-refractivity contribution is -0.122. The Morgan fingerprint density at radius 3 is 2.48 bits per heavy atom. The highest BCUT2D eigenvalue weighted by Gasteiger charge is 2.17. The fourth-order valence-corrected chi connectivity index (χ4v) is 3.36. The minimum absolute atomic E-state index is 0.0159. The number of aromatic carboxylic acids is 1. The van der Waals surface area contributed by atoms with Crippen LogP contribution in [0.3, 0.4) is 0 Å². The molecule has 2 N–H and O–H groups in total. The number of hydrogen-bond acceptors (Lipinski definition) is 2. The summed E-state index contributed by atoms with van der Waals surface area (Å²) in [6.45, 7) is 2.43. The van der Waals surface area contributed by atoms with E-state index in [1.54, 1.807) is 12.1 Å². The zero-order chi connectivity index (χ0) is 19.2. The molecule has 0 bridgehead atoms. The number of amides is 1. The van der Waals surface area contributed by atoms with Gasteiger partial charge < -0.3 is 10.4 Å². The molecule has 3 aromatic carbocycles. The Bertz CT molecular complexity index is 959. The highest BCUT2D eigenvalue weighted by atomic mass is 16.4. The van der Waals surface area contributed by atoms with Gasteiger partial charge in [-0.05, 0) is 47.7 Å². The van der Waals surface area contributed by atoms with E-state index in [1.165, 1.54) is 0 Å². The van der Waals surface area contributed by atoms with Crippen LogP contribution >= 0.6 is 0 Å². The second-order valence-corrected chi connectivity index (χ2v) is 6.65. The number of aryl methyl sites for hydroxylation is 1. The normalized spacial score (nSPS) is 11.9. The lowest BCUT2D eigenvalue weighted by atomic mass is 9.94. The number of hydrogen-bond donors (Lipinski definition) is 2. The van der Waals surface area contributed by atoms with Gasteiger partial charge in [-0.15, -0.1) is 0 Å². The third kappa shape index (κ3) is 4.34. The molecular weight excluding hydrogens is 338 g/mol. The molecule has 0 spiro atoms. The van der Waals surface area contributed by atoms with Crippen molar-refractivity contribution in [2.45, 2.75) is 25.7 Å². The molecule has 0 aliphatic heterocycles. The van der Waals surface area contributed by atoms with E-state index in [1.807, 2.05) is 61.5 Å². The molecule has 3 aromatic rings. The smallest absolute Gasteiger partial charge is 0.335 e. The van der Waals surface area contributed by atoms with Crippen molar-refractivity contribution in [3.63, 3.8) is 0 Å². The largest absolute Gasteiger partial charge is 0.478 e. The van der Waals surface area contributed by atoms with E-state index < -0.39 is 5.97 Å². The van der Waals surface area contributed by atoms with Gasteiger partial charge in [-0.25, -0.2) is 4.79 Å². The van der Waals surface area contributed by atoms with Crippen molar-refractivity contribution >= 4 is 22.6 Å². The Morgan fingerprint density at radius 2 is 1.67 bits per heavy atom. The Hall–Kier alpha value is -3.14. The average Bonchev–Trinajstić information content (AvgIpc) is 2.70. The van der Waals surface area contributed by atoms with Gasteiger partial charge >= 0.3 is 5.97 Å². The lowest BCUT2D eigenvalue weighted by Gasteiger charge is -2.15. The quantitative estimate of drug-likeness (QED) is 0.613. The maximum absolute atomic E-state index is 12.6. The number of carboxylic acid groups (broad SMARTS) is 1. The van der Waals surface area contributed by atoms with E-state index in [9.17, 15) is 14.7 Å². The Labute approximate surface area is 158 Å². The zero-order valence-electron chi connectivity index (χ0n) is 15.3. The number of carbonyl (C=O) groups excluding carboxylic acids is 1. The van der Waals surface area contributed by atoms with Crippen molar-refractivity contribution in [3.8, 4) is 0 Å². The van der Waals surface area contributed by atoms with Crippen LogP contribution in [0.2, 0.25) is 0 Å². The van der Waals surface area contributed by atoms with Gasteiger partial charge in [0.1, 0.15) is 0 Å². The van der Waals surface area contributed by atoms with Crippen molar-refractivity contribution in [1.82, 2.24) is 5.32 Å². The molecule has 0 saturated heterocycles. The topological polar surface area (TPSA) is 66.4 Å². The van der Waals surface area contributed by atoms with Crippen molar-refractivity contribution in [1.29, 1.82) is 0 Å². The lowest BCUT2D eigenvalue weighted by Crippen LogP contribution is -2.29. The fourth-order valence-electron chi connectivity index (χ4n) is 3.36. The number of fused-ring (bicyclic) bond motifs is 1. The molecule has 4 nitrogen and oxygen atoms in total. The standard InChI is InChI=1S/C23H23NO3/c1-16(19-14-6-10-17-8-2-4-12-20(17)19)22(25)24-15-7-11-18-9-3-5-13-21(18)23(26)27/h2-6,8-10,12-14,16H,7,11,15H2,1H3,(H,24,25)(H,26,27). The summed E-state index contributed by atoms with van der Waals surface area (Å²) in [5, 5.41) is 14.4. The second-order valence-electron chi connectivity index (χ2n) is 6.65. The second kappa shape index (κ2) is 8.49. The first-order valence-corrected chi connectivity index (χ1v) is 9.14. The summed E-state index contributed by atoms with van der Waals surface area (Å²) in [6, 6.07) is 21.1. The van der Waals surface area contributed by atoms with Gasteiger partial charge in [-0.1, -0.05) is 60.7 Å². The molecular formula is C23H23NO3. The van der Waals surface area contributed by atoms with Crippen LogP contribution in [0.25, 0.3) is 10.8 Å². The molecule has 27 heavy (non-hydrogen) atoms. The molecule has 1 atom stereocenters.